The molecule has 0 spiro atoms. The van der Waals surface area contributed by atoms with Crippen molar-refractivity contribution >= 4 is 12.7 Å². The summed E-state index contributed by atoms with van der Waals surface area (Å²) in [5, 5.41) is 13.3. The summed E-state index contributed by atoms with van der Waals surface area (Å²) in [7, 11) is 0. The summed E-state index contributed by atoms with van der Waals surface area (Å²) < 4.78 is 20.5. The maximum Gasteiger partial charge on any atom is 0.409 e. The summed E-state index contributed by atoms with van der Waals surface area (Å²) in [5.74, 6) is 2.49. The van der Waals surface area contributed by atoms with E-state index >= 15 is 0 Å². The summed E-state index contributed by atoms with van der Waals surface area (Å²) in [6.07, 6.45) is 1.33. The molecule has 0 amide bonds. The Bertz CT molecular complexity index is 976. The molecule has 0 saturated heterocycles. The van der Waals surface area contributed by atoms with Gasteiger partial charge in [-0.2, -0.15) is 0 Å². The number of nitrogens with two attached hydrogens (primary N) is 2. The number of allylic oxidation sites excluding steroid dienone is 1. The van der Waals surface area contributed by atoms with Gasteiger partial charge in [-0.15, -0.1) is 0 Å². The summed E-state index contributed by atoms with van der Waals surface area (Å²) in [6, 6.07) is 9.12. The average molecular weight is 379 g/mol. The smallest absolute Gasteiger partial charge is 0.409 e. The number of benzene rings is 2. The number of hydrogen-bond donors (Lipinski definition) is 4. The molecule has 28 heavy (non-hydrogen) atoms. The minimum Gasteiger partial charge on any atom is -0.554 e. The fourth-order valence-corrected chi connectivity index (χ4v) is 4.05. The van der Waals surface area contributed by atoms with Crippen molar-refractivity contribution in [2.75, 3.05) is 0 Å². The van der Waals surface area contributed by atoms with E-state index in [-0.39, 0.29) is 37.5 Å². The second kappa shape index (κ2) is 7.33. The monoisotopic (exact) mass is 379 g/mol. The number of hydrogen-bond acceptors (Lipinski definition) is 5. The first kappa shape index (κ1) is 18.6. The van der Waals surface area contributed by atoms with Gasteiger partial charge in [-0.25, -0.2) is 4.39 Å². The molecular formula is C21H23BFN3O2. The van der Waals surface area contributed by atoms with Crippen LogP contribution in [0.25, 0.3) is 5.76 Å². The van der Waals surface area contributed by atoms with E-state index in [0.717, 1.165) is 28.8 Å². The van der Waals surface area contributed by atoms with Gasteiger partial charge in [0.2, 0.25) is 0 Å². The molecule has 0 radical (unpaired) electrons. The quantitative estimate of drug-likeness (QED) is 0.473. The minimum atomic E-state index is -0.314. The Morgan fingerprint density at radius 3 is 2.86 bits per heavy atom. The molecule has 0 fully saturated rings. The van der Waals surface area contributed by atoms with Crippen LogP contribution in [0.5, 0.6) is 5.75 Å². The molecule has 0 aliphatic carbocycles. The van der Waals surface area contributed by atoms with Gasteiger partial charge >= 0.3 is 6.92 Å². The van der Waals surface area contributed by atoms with Crippen LogP contribution in [0.3, 0.4) is 0 Å². The van der Waals surface area contributed by atoms with Gasteiger partial charge < -0.3 is 26.5 Å². The topological polar surface area (TPSA) is 93.5 Å². The van der Waals surface area contributed by atoms with Crippen molar-refractivity contribution in [3.05, 3.63) is 82.2 Å². The van der Waals surface area contributed by atoms with E-state index in [1.54, 1.807) is 6.07 Å². The van der Waals surface area contributed by atoms with E-state index in [0.29, 0.717) is 23.3 Å². The number of rotatable bonds is 5. The fourth-order valence-electron chi connectivity index (χ4n) is 4.05. The third kappa shape index (κ3) is 3.27. The molecule has 2 heterocycles. The number of para-hydroxylation sites is 1. The van der Waals surface area contributed by atoms with E-state index in [4.69, 9.17) is 16.1 Å². The van der Waals surface area contributed by atoms with Crippen molar-refractivity contribution in [1.82, 2.24) is 5.32 Å². The number of aliphatic hydroxyl groups excluding tert-OH is 1. The van der Waals surface area contributed by atoms with Crippen LogP contribution in [-0.2, 0) is 25.9 Å². The Hall–Kier alpha value is -2.77. The van der Waals surface area contributed by atoms with Crippen LogP contribution in [0.15, 0.2) is 48.6 Å². The fraction of sp³-hybridized carbons (Fsp3) is 0.238. The molecule has 2 aromatic rings. The van der Waals surface area contributed by atoms with Crippen LogP contribution in [0.2, 0.25) is 0 Å². The van der Waals surface area contributed by atoms with Gasteiger partial charge in [0.05, 0.1) is 11.5 Å². The third-order valence-corrected chi connectivity index (χ3v) is 5.40. The zero-order chi connectivity index (χ0) is 19.8. The standard InChI is InChI=1S/C21H23BFN3O2/c1-12(27)17-4-2-3-14-8-20-22(28-21(14)17)9-16(26-20)6-13-5-15(10-24)18(11-25)19(23)7-13/h2-5,7,9,20,26-27H,1,6,8,10-11,24-25H2. The van der Waals surface area contributed by atoms with Crippen molar-refractivity contribution < 1.29 is 14.2 Å². The highest BCUT2D eigenvalue weighted by Gasteiger charge is 2.39. The van der Waals surface area contributed by atoms with E-state index in [1.807, 2.05) is 24.2 Å². The molecule has 2 aliphatic heterocycles. The van der Waals surface area contributed by atoms with Crippen LogP contribution in [0.1, 0.15) is 27.8 Å². The van der Waals surface area contributed by atoms with E-state index in [9.17, 15) is 9.50 Å². The molecule has 4 rings (SSSR count). The van der Waals surface area contributed by atoms with Crippen molar-refractivity contribution in [3.63, 3.8) is 0 Å². The molecule has 7 heteroatoms. The molecule has 144 valence electrons. The van der Waals surface area contributed by atoms with Crippen molar-refractivity contribution in [1.29, 1.82) is 0 Å². The van der Waals surface area contributed by atoms with Crippen LogP contribution in [-0.4, -0.2) is 18.0 Å². The zero-order valence-corrected chi connectivity index (χ0v) is 15.5. The normalized spacial score (nSPS) is 17.3. The molecule has 6 N–H and O–H groups in total. The van der Waals surface area contributed by atoms with Gasteiger partial charge in [-0.05, 0) is 35.2 Å². The van der Waals surface area contributed by atoms with Crippen molar-refractivity contribution in [2.45, 2.75) is 31.9 Å². The second-order valence-electron chi connectivity index (χ2n) is 7.27. The molecule has 2 aliphatic rings. The van der Waals surface area contributed by atoms with Gasteiger partial charge in [0, 0.05) is 30.8 Å². The van der Waals surface area contributed by atoms with Crippen molar-refractivity contribution in [3.8, 4) is 5.75 Å². The average Bonchev–Trinajstić information content (AvgIpc) is 3.05. The molecular weight excluding hydrogens is 356 g/mol. The number of aliphatic hydroxyl groups is 1. The highest BCUT2D eigenvalue weighted by Crippen LogP contribution is 2.35. The lowest BCUT2D eigenvalue weighted by atomic mass is 9.58. The van der Waals surface area contributed by atoms with Crippen LogP contribution in [0, 0.1) is 5.82 Å². The molecule has 0 saturated carbocycles. The van der Waals surface area contributed by atoms with Gasteiger partial charge in [-0.1, -0.05) is 30.8 Å². The number of halogens is 1. The van der Waals surface area contributed by atoms with Gasteiger partial charge in [-0.3, -0.25) is 0 Å². The summed E-state index contributed by atoms with van der Waals surface area (Å²) in [5.41, 5.74) is 16.1. The largest absolute Gasteiger partial charge is 0.554 e. The lowest BCUT2D eigenvalue weighted by molar-refractivity contribution is 0.486. The van der Waals surface area contributed by atoms with Gasteiger partial charge in [0.25, 0.3) is 0 Å². The first-order valence-electron chi connectivity index (χ1n) is 9.34. The minimum absolute atomic E-state index is 0.00441. The Labute approximate surface area is 164 Å². The number of nitrogens with one attached hydrogen (secondary N) is 1. The Balaban J connectivity index is 1.56. The lowest BCUT2D eigenvalue weighted by Gasteiger charge is -2.28. The van der Waals surface area contributed by atoms with Gasteiger partial charge in [0.15, 0.2) is 0 Å². The zero-order valence-electron chi connectivity index (χ0n) is 15.5. The maximum atomic E-state index is 14.3. The molecule has 0 bridgehead atoms. The van der Waals surface area contributed by atoms with E-state index in [1.165, 1.54) is 6.07 Å². The first-order chi connectivity index (χ1) is 13.5. The first-order valence-corrected chi connectivity index (χ1v) is 9.34. The third-order valence-electron chi connectivity index (χ3n) is 5.40. The molecule has 2 aromatic carbocycles. The second-order valence-corrected chi connectivity index (χ2v) is 7.27. The predicted octanol–water partition coefficient (Wildman–Crippen LogP) is 2.38. The lowest BCUT2D eigenvalue weighted by Crippen LogP contribution is -2.44. The SMILES string of the molecule is C=C(O)c1cccc2c1OB1C=C(Cc3cc(F)c(CN)c(CN)c3)NC1C2. The number of fused-ring (bicyclic) bond motifs is 2. The van der Waals surface area contributed by atoms with Crippen molar-refractivity contribution in [2.24, 2.45) is 11.5 Å². The molecule has 1 unspecified atom stereocenters. The maximum absolute atomic E-state index is 14.3. The summed E-state index contributed by atoms with van der Waals surface area (Å²) in [4.78, 5) is 0. The Kier molecular flexibility index (Phi) is 4.87. The molecule has 1 atom stereocenters. The van der Waals surface area contributed by atoms with Crippen LogP contribution < -0.4 is 21.4 Å². The summed E-state index contributed by atoms with van der Waals surface area (Å²) in [6.45, 7) is 3.85. The highest BCUT2D eigenvalue weighted by molar-refractivity contribution is 6.61. The Morgan fingerprint density at radius 1 is 1.32 bits per heavy atom. The van der Waals surface area contributed by atoms with E-state index in [2.05, 4.69) is 11.9 Å². The Morgan fingerprint density at radius 2 is 2.14 bits per heavy atom. The van der Waals surface area contributed by atoms with E-state index < -0.39 is 0 Å². The molecule has 0 aromatic heterocycles. The predicted molar refractivity (Wildman–Crippen MR) is 109 cm³/mol. The molecule has 5 nitrogen and oxygen atoms in total. The van der Waals surface area contributed by atoms with Crippen LogP contribution >= 0.6 is 0 Å². The summed E-state index contributed by atoms with van der Waals surface area (Å²) >= 11 is 0. The highest BCUT2D eigenvalue weighted by atomic mass is 19.1. The van der Waals surface area contributed by atoms with Gasteiger partial charge in [0.1, 0.15) is 17.3 Å². The van der Waals surface area contributed by atoms with Crippen LogP contribution in [0.4, 0.5) is 4.39 Å².